The summed E-state index contributed by atoms with van der Waals surface area (Å²) >= 11 is 0. The molecule has 1 aliphatic heterocycles. The molecule has 19 heavy (non-hydrogen) atoms. The number of hydrogen-bond acceptors (Lipinski definition) is 3. The van der Waals surface area contributed by atoms with Gasteiger partial charge in [0.15, 0.2) is 0 Å². The quantitative estimate of drug-likeness (QED) is 0.882. The molecule has 1 saturated heterocycles. The van der Waals surface area contributed by atoms with Crippen LogP contribution in [0, 0.1) is 13.8 Å². The van der Waals surface area contributed by atoms with Crippen LogP contribution < -0.4 is 10.1 Å². The predicted octanol–water partition coefficient (Wildman–Crippen LogP) is 2.50. The first-order chi connectivity index (χ1) is 9.20. The summed E-state index contributed by atoms with van der Waals surface area (Å²) in [4.78, 5) is 2.52. The molecule has 0 bridgehead atoms. The second-order valence-corrected chi connectivity index (χ2v) is 5.42. The number of ether oxygens (including phenoxy) is 1. The lowest BCUT2D eigenvalue weighted by atomic mass is 10.0. The van der Waals surface area contributed by atoms with Gasteiger partial charge in [0.1, 0.15) is 5.75 Å². The number of hydrogen-bond donors (Lipinski definition) is 1. The number of rotatable bonds is 5. The maximum Gasteiger partial charge on any atom is 0.122 e. The van der Waals surface area contributed by atoms with E-state index in [0.717, 1.165) is 51.5 Å². The third-order valence-corrected chi connectivity index (χ3v) is 3.70. The lowest BCUT2D eigenvalue weighted by Gasteiger charge is -2.28. The molecule has 0 aliphatic carbocycles. The lowest BCUT2D eigenvalue weighted by molar-refractivity contribution is 0.232. The highest BCUT2D eigenvalue weighted by Gasteiger charge is 2.12. The number of piperazine rings is 1. The Kier molecular flexibility index (Phi) is 5.23. The molecule has 106 valence electrons. The highest BCUT2D eigenvalue weighted by molar-refractivity contribution is 5.41. The average Bonchev–Trinajstić information content (AvgIpc) is 2.42. The highest BCUT2D eigenvalue weighted by atomic mass is 16.5. The molecular weight excluding hydrogens is 236 g/mol. The Morgan fingerprint density at radius 2 is 1.89 bits per heavy atom. The fourth-order valence-corrected chi connectivity index (χ4v) is 2.50. The summed E-state index contributed by atoms with van der Waals surface area (Å²) in [5.41, 5.74) is 4.03. The molecule has 3 nitrogen and oxygen atoms in total. The SMILES string of the molecule is CCCOc1cc(C)c(CN2CCNCC2)cc1C. The number of benzene rings is 1. The van der Waals surface area contributed by atoms with Crippen molar-refractivity contribution in [3.8, 4) is 5.75 Å². The molecule has 3 heteroatoms. The standard InChI is InChI=1S/C16H26N2O/c1-4-9-19-16-11-13(2)15(10-14(16)3)12-18-7-5-17-6-8-18/h10-11,17H,4-9,12H2,1-3H3. The van der Waals surface area contributed by atoms with E-state index in [1.807, 2.05) is 0 Å². The first-order valence-corrected chi connectivity index (χ1v) is 7.36. The zero-order valence-corrected chi connectivity index (χ0v) is 12.5. The molecule has 1 aliphatic rings. The van der Waals surface area contributed by atoms with E-state index in [1.165, 1.54) is 16.7 Å². The van der Waals surface area contributed by atoms with Crippen LogP contribution in [0.2, 0.25) is 0 Å². The van der Waals surface area contributed by atoms with Crippen LogP contribution in [0.5, 0.6) is 5.75 Å². The van der Waals surface area contributed by atoms with Crippen LogP contribution in [0.1, 0.15) is 30.0 Å². The molecule has 0 saturated carbocycles. The van der Waals surface area contributed by atoms with E-state index in [0.29, 0.717) is 0 Å². The van der Waals surface area contributed by atoms with Gasteiger partial charge < -0.3 is 10.1 Å². The van der Waals surface area contributed by atoms with Gasteiger partial charge in [0, 0.05) is 32.7 Å². The Bertz CT molecular complexity index is 411. The van der Waals surface area contributed by atoms with Gasteiger partial charge in [-0.2, -0.15) is 0 Å². The van der Waals surface area contributed by atoms with Gasteiger partial charge >= 0.3 is 0 Å². The van der Waals surface area contributed by atoms with Crippen molar-refractivity contribution in [2.75, 3.05) is 32.8 Å². The first kappa shape index (κ1) is 14.4. The minimum atomic E-state index is 0.803. The molecular formula is C16H26N2O. The molecule has 0 aromatic heterocycles. The van der Waals surface area contributed by atoms with Gasteiger partial charge in [-0.05, 0) is 43.0 Å². The van der Waals surface area contributed by atoms with Gasteiger partial charge in [0.05, 0.1) is 6.61 Å². The summed E-state index contributed by atoms with van der Waals surface area (Å²) in [7, 11) is 0. The summed E-state index contributed by atoms with van der Waals surface area (Å²) in [6.45, 7) is 12.8. The van der Waals surface area contributed by atoms with Crippen LogP contribution in [0.4, 0.5) is 0 Å². The number of aryl methyl sites for hydroxylation is 2. The largest absolute Gasteiger partial charge is 0.493 e. The van der Waals surface area contributed by atoms with Crippen LogP contribution in [-0.2, 0) is 6.54 Å². The molecule has 0 radical (unpaired) electrons. The lowest BCUT2D eigenvalue weighted by Crippen LogP contribution is -2.43. The minimum absolute atomic E-state index is 0.803. The van der Waals surface area contributed by atoms with E-state index in [9.17, 15) is 0 Å². The zero-order chi connectivity index (χ0) is 13.7. The fourth-order valence-electron chi connectivity index (χ4n) is 2.50. The number of nitrogens with one attached hydrogen (secondary N) is 1. The van der Waals surface area contributed by atoms with Crippen molar-refractivity contribution in [2.45, 2.75) is 33.7 Å². The average molecular weight is 262 g/mol. The Balaban J connectivity index is 2.06. The van der Waals surface area contributed by atoms with Crippen molar-refractivity contribution in [1.29, 1.82) is 0 Å². The van der Waals surface area contributed by atoms with Crippen molar-refractivity contribution in [2.24, 2.45) is 0 Å². The van der Waals surface area contributed by atoms with E-state index in [4.69, 9.17) is 4.74 Å². The maximum atomic E-state index is 5.79. The minimum Gasteiger partial charge on any atom is -0.493 e. The maximum absolute atomic E-state index is 5.79. The topological polar surface area (TPSA) is 24.5 Å². The van der Waals surface area contributed by atoms with Crippen molar-refractivity contribution < 1.29 is 4.74 Å². The molecule has 0 unspecified atom stereocenters. The fraction of sp³-hybridized carbons (Fsp3) is 0.625. The zero-order valence-electron chi connectivity index (χ0n) is 12.5. The summed E-state index contributed by atoms with van der Waals surface area (Å²) in [6.07, 6.45) is 1.06. The van der Waals surface area contributed by atoms with Crippen molar-refractivity contribution in [1.82, 2.24) is 10.2 Å². The Morgan fingerprint density at radius 1 is 1.16 bits per heavy atom. The Hall–Kier alpha value is -1.06. The van der Waals surface area contributed by atoms with Crippen LogP contribution in [0.25, 0.3) is 0 Å². The predicted molar refractivity (Wildman–Crippen MR) is 79.8 cm³/mol. The van der Waals surface area contributed by atoms with Gasteiger partial charge in [-0.3, -0.25) is 4.90 Å². The Morgan fingerprint density at radius 3 is 2.58 bits per heavy atom. The van der Waals surface area contributed by atoms with Crippen LogP contribution in [0.15, 0.2) is 12.1 Å². The highest BCUT2D eigenvalue weighted by Crippen LogP contribution is 2.24. The third kappa shape index (κ3) is 3.95. The summed E-state index contributed by atoms with van der Waals surface area (Å²) in [5, 5.41) is 3.40. The molecule has 0 spiro atoms. The van der Waals surface area contributed by atoms with Gasteiger partial charge in [-0.1, -0.05) is 13.0 Å². The molecule has 2 rings (SSSR count). The van der Waals surface area contributed by atoms with E-state index in [1.54, 1.807) is 0 Å². The van der Waals surface area contributed by atoms with Crippen LogP contribution >= 0.6 is 0 Å². The summed E-state index contributed by atoms with van der Waals surface area (Å²) in [5.74, 6) is 1.04. The molecule has 1 fully saturated rings. The second-order valence-electron chi connectivity index (χ2n) is 5.42. The van der Waals surface area contributed by atoms with Crippen molar-refractivity contribution in [3.05, 3.63) is 28.8 Å². The van der Waals surface area contributed by atoms with Crippen LogP contribution in [-0.4, -0.2) is 37.7 Å². The molecule has 1 aromatic rings. The molecule has 1 N–H and O–H groups in total. The van der Waals surface area contributed by atoms with Crippen molar-refractivity contribution in [3.63, 3.8) is 0 Å². The number of nitrogens with zero attached hydrogens (tertiary/aromatic N) is 1. The monoisotopic (exact) mass is 262 g/mol. The van der Waals surface area contributed by atoms with Gasteiger partial charge in [-0.25, -0.2) is 0 Å². The summed E-state index contributed by atoms with van der Waals surface area (Å²) < 4.78 is 5.79. The van der Waals surface area contributed by atoms with Gasteiger partial charge in [-0.15, -0.1) is 0 Å². The smallest absolute Gasteiger partial charge is 0.122 e. The van der Waals surface area contributed by atoms with E-state index < -0.39 is 0 Å². The van der Waals surface area contributed by atoms with E-state index in [2.05, 4.69) is 43.1 Å². The molecule has 0 atom stereocenters. The normalized spacial score (nSPS) is 16.6. The molecule has 0 amide bonds. The molecule has 1 aromatic carbocycles. The van der Waals surface area contributed by atoms with Crippen molar-refractivity contribution >= 4 is 0 Å². The summed E-state index contributed by atoms with van der Waals surface area (Å²) in [6, 6.07) is 4.49. The van der Waals surface area contributed by atoms with E-state index >= 15 is 0 Å². The van der Waals surface area contributed by atoms with Gasteiger partial charge in [0.25, 0.3) is 0 Å². The molecule has 1 heterocycles. The van der Waals surface area contributed by atoms with Crippen LogP contribution in [0.3, 0.4) is 0 Å². The Labute approximate surface area is 116 Å². The van der Waals surface area contributed by atoms with Gasteiger partial charge in [0.2, 0.25) is 0 Å². The first-order valence-electron chi connectivity index (χ1n) is 7.36. The second kappa shape index (κ2) is 6.92. The van der Waals surface area contributed by atoms with E-state index in [-0.39, 0.29) is 0 Å². The third-order valence-electron chi connectivity index (χ3n) is 3.70.